The largest absolute Gasteiger partial charge is 0.228 e. The predicted molar refractivity (Wildman–Crippen MR) is 30.7 cm³/mol. The average Bonchev–Trinajstić information content (AvgIpc) is 2.13. The first-order valence-corrected chi connectivity index (χ1v) is 4.14. The number of nitrogens with two attached hydrogens (primary N) is 1. The zero-order valence-corrected chi connectivity index (χ0v) is 5.48. The van der Waals surface area contributed by atoms with Crippen LogP contribution in [0.3, 0.4) is 0 Å². The van der Waals surface area contributed by atoms with Crippen LogP contribution in [0.2, 0.25) is 0 Å². The van der Waals surface area contributed by atoms with E-state index in [0.29, 0.717) is 5.92 Å². The highest BCUT2D eigenvalue weighted by atomic mass is 32.2. The van der Waals surface area contributed by atoms with E-state index in [1.54, 1.807) is 0 Å². The van der Waals surface area contributed by atoms with Crippen LogP contribution in [0.1, 0.15) is 13.3 Å². The fourth-order valence-corrected chi connectivity index (χ4v) is 1.97. The molecule has 3 nitrogen and oxygen atoms in total. The monoisotopic (exact) mass is 135 g/mol. The van der Waals surface area contributed by atoms with Gasteiger partial charge in [-0.3, -0.25) is 0 Å². The van der Waals surface area contributed by atoms with Crippen LogP contribution in [0.15, 0.2) is 0 Å². The third-order valence-corrected chi connectivity index (χ3v) is 2.96. The van der Waals surface area contributed by atoms with E-state index < -0.39 is 10.0 Å². The normalized spacial score (nSPS) is 37.2. The average molecular weight is 135 g/mol. The van der Waals surface area contributed by atoms with Gasteiger partial charge in [0, 0.05) is 0 Å². The molecule has 1 rings (SSSR count). The molecule has 48 valence electrons. The first-order chi connectivity index (χ1) is 3.52. The standard InChI is InChI=1S/C4H9NO2S/c1-3-2-4(3)8(5,6)7/h3-4H,2H2,1H3,(H2,5,6,7)/t3-,4-/m0/s1. The number of hydrogen-bond donors (Lipinski definition) is 1. The molecule has 0 heterocycles. The van der Waals surface area contributed by atoms with Gasteiger partial charge in [0.2, 0.25) is 10.0 Å². The van der Waals surface area contributed by atoms with Crippen molar-refractivity contribution in [3.8, 4) is 0 Å². The molecule has 1 saturated carbocycles. The van der Waals surface area contributed by atoms with E-state index >= 15 is 0 Å². The lowest BCUT2D eigenvalue weighted by molar-refractivity contribution is 0.594. The third-order valence-electron chi connectivity index (χ3n) is 1.46. The van der Waals surface area contributed by atoms with Gasteiger partial charge in [-0.15, -0.1) is 0 Å². The van der Waals surface area contributed by atoms with E-state index in [9.17, 15) is 8.42 Å². The minimum Gasteiger partial charge on any atom is -0.228 e. The second kappa shape index (κ2) is 1.45. The van der Waals surface area contributed by atoms with E-state index in [-0.39, 0.29) is 5.25 Å². The van der Waals surface area contributed by atoms with E-state index in [1.165, 1.54) is 0 Å². The first kappa shape index (κ1) is 6.04. The Balaban J connectivity index is 2.66. The summed E-state index contributed by atoms with van der Waals surface area (Å²) in [6.07, 6.45) is 0.749. The SMILES string of the molecule is C[C@H]1C[C@@H]1S(N)(=O)=O. The van der Waals surface area contributed by atoms with Gasteiger partial charge in [-0.25, -0.2) is 13.6 Å². The summed E-state index contributed by atoms with van der Waals surface area (Å²) in [4.78, 5) is 0. The van der Waals surface area contributed by atoms with E-state index in [2.05, 4.69) is 0 Å². The quantitative estimate of drug-likeness (QED) is 0.535. The number of rotatable bonds is 1. The molecule has 4 heteroatoms. The molecule has 0 amide bonds. The fraction of sp³-hybridized carbons (Fsp3) is 1.00. The molecule has 8 heavy (non-hydrogen) atoms. The van der Waals surface area contributed by atoms with Gasteiger partial charge in [0.1, 0.15) is 0 Å². The van der Waals surface area contributed by atoms with Crippen LogP contribution in [0, 0.1) is 5.92 Å². The summed E-state index contributed by atoms with van der Waals surface area (Å²) in [6.45, 7) is 1.88. The van der Waals surface area contributed by atoms with Crippen LogP contribution < -0.4 is 5.14 Å². The molecule has 0 bridgehead atoms. The number of sulfonamides is 1. The molecule has 0 aliphatic heterocycles. The molecular formula is C4H9NO2S. The fourth-order valence-electron chi connectivity index (χ4n) is 0.746. The maximum atomic E-state index is 10.4. The Kier molecular flexibility index (Phi) is 1.09. The van der Waals surface area contributed by atoms with Gasteiger partial charge >= 0.3 is 0 Å². The minimum atomic E-state index is -3.18. The topological polar surface area (TPSA) is 60.2 Å². The number of hydrogen-bond acceptors (Lipinski definition) is 2. The van der Waals surface area contributed by atoms with Crippen molar-refractivity contribution in [1.29, 1.82) is 0 Å². The third kappa shape index (κ3) is 1.00. The molecule has 1 aliphatic carbocycles. The second-order valence-corrected chi connectivity index (χ2v) is 4.12. The Morgan fingerprint density at radius 1 is 1.62 bits per heavy atom. The van der Waals surface area contributed by atoms with Crippen LogP contribution in [0.5, 0.6) is 0 Å². The van der Waals surface area contributed by atoms with Crippen LogP contribution in [-0.4, -0.2) is 13.7 Å². The van der Waals surface area contributed by atoms with Crippen molar-refractivity contribution in [1.82, 2.24) is 0 Å². The van der Waals surface area contributed by atoms with E-state index in [4.69, 9.17) is 5.14 Å². The van der Waals surface area contributed by atoms with Gasteiger partial charge in [0.25, 0.3) is 0 Å². The van der Waals surface area contributed by atoms with Crippen LogP contribution in [-0.2, 0) is 10.0 Å². The second-order valence-electron chi connectivity index (χ2n) is 2.34. The smallest absolute Gasteiger partial charge is 0.212 e. The summed E-state index contributed by atoms with van der Waals surface area (Å²) >= 11 is 0. The van der Waals surface area contributed by atoms with Crippen molar-refractivity contribution in [3.05, 3.63) is 0 Å². The molecule has 0 aromatic heterocycles. The Bertz CT molecular complexity index is 184. The lowest BCUT2D eigenvalue weighted by Gasteiger charge is -1.87. The van der Waals surface area contributed by atoms with Crippen molar-refractivity contribution in [2.75, 3.05) is 0 Å². The Hall–Kier alpha value is -0.0900. The lowest BCUT2D eigenvalue weighted by atomic mass is 10.5. The predicted octanol–water partition coefficient (Wildman–Crippen LogP) is -0.317. The van der Waals surface area contributed by atoms with Crippen molar-refractivity contribution >= 4 is 10.0 Å². The molecule has 0 aromatic carbocycles. The molecule has 0 radical (unpaired) electrons. The van der Waals surface area contributed by atoms with Crippen molar-refractivity contribution < 1.29 is 8.42 Å². The summed E-state index contributed by atoms with van der Waals surface area (Å²) in [5.41, 5.74) is 0. The molecule has 1 aliphatic rings. The molecule has 2 atom stereocenters. The maximum absolute atomic E-state index is 10.4. The van der Waals surface area contributed by atoms with Gasteiger partial charge in [0.05, 0.1) is 5.25 Å². The highest BCUT2D eigenvalue weighted by molar-refractivity contribution is 7.90. The first-order valence-electron chi connectivity index (χ1n) is 2.53. The molecule has 2 N–H and O–H groups in total. The number of primary sulfonamides is 1. The molecule has 0 aromatic rings. The van der Waals surface area contributed by atoms with Gasteiger partial charge in [-0.2, -0.15) is 0 Å². The molecule has 0 unspecified atom stereocenters. The van der Waals surface area contributed by atoms with Gasteiger partial charge in [-0.05, 0) is 12.3 Å². The highest BCUT2D eigenvalue weighted by Crippen LogP contribution is 2.34. The lowest BCUT2D eigenvalue weighted by Crippen LogP contribution is -2.18. The van der Waals surface area contributed by atoms with Crippen LogP contribution >= 0.6 is 0 Å². The summed E-state index contributed by atoms with van der Waals surface area (Å²) < 4.78 is 20.8. The van der Waals surface area contributed by atoms with E-state index in [1.807, 2.05) is 6.92 Å². The summed E-state index contributed by atoms with van der Waals surface area (Å²) in [7, 11) is -3.18. The maximum Gasteiger partial charge on any atom is 0.212 e. The molecule has 0 saturated heterocycles. The Morgan fingerprint density at radius 2 is 2.00 bits per heavy atom. The minimum absolute atomic E-state index is 0.234. The zero-order chi connectivity index (χ0) is 6.36. The van der Waals surface area contributed by atoms with Crippen LogP contribution in [0.25, 0.3) is 0 Å². The molecule has 1 fully saturated rings. The summed E-state index contributed by atoms with van der Waals surface area (Å²) in [6, 6.07) is 0. The van der Waals surface area contributed by atoms with Crippen molar-refractivity contribution in [2.45, 2.75) is 18.6 Å². The van der Waals surface area contributed by atoms with Crippen LogP contribution in [0.4, 0.5) is 0 Å². The molecule has 0 spiro atoms. The van der Waals surface area contributed by atoms with Gasteiger partial charge in [-0.1, -0.05) is 6.92 Å². The highest BCUT2D eigenvalue weighted by Gasteiger charge is 2.41. The molecular weight excluding hydrogens is 126 g/mol. The van der Waals surface area contributed by atoms with Crippen molar-refractivity contribution in [3.63, 3.8) is 0 Å². The summed E-state index contributed by atoms with van der Waals surface area (Å²) in [5, 5.41) is 4.57. The van der Waals surface area contributed by atoms with Crippen molar-refractivity contribution in [2.24, 2.45) is 11.1 Å². The Labute approximate surface area is 48.9 Å². The zero-order valence-electron chi connectivity index (χ0n) is 4.66. The van der Waals surface area contributed by atoms with Gasteiger partial charge < -0.3 is 0 Å². The Morgan fingerprint density at radius 3 is 2.00 bits per heavy atom. The summed E-state index contributed by atoms with van der Waals surface area (Å²) in [5.74, 6) is 0.296. The van der Waals surface area contributed by atoms with E-state index in [0.717, 1.165) is 6.42 Å². The van der Waals surface area contributed by atoms with Gasteiger partial charge in [0.15, 0.2) is 0 Å².